The molecule has 1 atom stereocenters. The van der Waals surface area contributed by atoms with E-state index in [2.05, 4.69) is 21.2 Å². The van der Waals surface area contributed by atoms with E-state index in [1.807, 2.05) is 0 Å². The van der Waals surface area contributed by atoms with Crippen molar-refractivity contribution in [1.82, 2.24) is 0 Å². The number of nitrogens with one attached hydrogen (secondary N) is 1. The smallest absolute Gasteiger partial charge is 0.143 e. The van der Waals surface area contributed by atoms with Crippen molar-refractivity contribution in [3.63, 3.8) is 0 Å². The molecule has 2 aromatic rings. The van der Waals surface area contributed by atoms with Crippen molar-refractivity contribution in [2.75, 3.05) is 5.32 Å². The molecule has 0 heterocycles. The van der Waals surface area contributed by atoms with Crippen LogP contribution in [0.5, 0.6) is 0 Å². The van der Waals surface area contributed by atoms with Crippen LogP contribution in [0.1, 0.15) is 18.5 Å². The Hall–Kier alpha value is -1.13. The summed E-state index contributed by atoms with van der Waals surface area (Å²) >= 11 is 8.91. The van der Waals surface area contributed by atoms with Gasteiger partial charge < -0.3 is 5.32 Å². The third kappa shape index (κ3) is 3.45. The van der Waals surface area contributed by atoms with Crippen molar-refractivity contribution in [2.24, 2.45) is 0 Å². The van der Waals surface area contributed by atoms with E-state index in [1.165, 1.54) is 18.2 Å². The van der Waals surface area contributed by atoms with Crippen LogP contribution in [0, 0.1) is 11.6 Å². The Morgan fingerprint density at radius 2 is 1.84 bits per heavy atom. The maximum Gasteiger partial charge on any atom is 0.143 e. The van der Waals surface area contributed by atoms with Crippen molar-refractivity contribution in [1.29, 1.82) is 0 Å². The molecule has 0 bridgehead atoms. The summed E-state index contributed by atoms with van der Waals surface area (Å²) in [4.78, 5) is 0. The van der Waals surface area contributed by atoms with Gasteiger partial charge in [0.25, 0.3) is 0 Å². The summed E-state index contributed by atoms with van der Waals surface area (Å²) in [6.07, 6.45) is 0. The molecular weight excluding hydrogens is 336 g/mol. The average molecular weight is 347 g/mol. The maximum atomic E-state index is 13.7. The van der Waals surface area contributed by atoms with Crippen LogP contribution in [0.2, 0.25) is 5.02 Å². The summed E-state index contributed by atoms with van der Waals surface area (Å²) < 4.78 is 27.8. The lowest BCUT2D eigenvalue weighted by atomic mass is 10.1. The average Bonchev–Trinajstić information content (AvgIpc) is 2.36. The zero-order chi connectivity index (χ0) is 14.0. The quantitative estimate of drug-likeness (QED) is 0.768. The van der Waals surface area contributed by atoms with Crippen LogP contribution in [-0.2, 0) is 0 Å². The molecule has 0 amide bonds. The van der Waals surface area contributed by atoms with Gasteiger partial charge in [-0.2, -0.15) is 0 Å². The highest BCUT2D eigenvalue weighted by Crippen LogP contribution is 2.26. The first-order chi connectivity index (χ1) is 8.97. The molecule has 0 spiro atoms. The molecule has 0 radical (unpaired) electrons. The predicted molar refractivity (Wildman–Crippen MR) is 77.5 cm³/mol. The minimum Gasteiger partial charge on any atom is -0.378 e. The standard InChI is InChI=1S/C14H11BrClF2N/c1-8(11-6-9(15)2-5-13(11)17)19-10-3-4-12(16)14(18)7-10/h2-8,19H,1H3. The van der Waals surface area contributed by atoms with Crippen molar-refractivity contribution in [2.45, 2.75) is 13.0 Å². The maximum absolute atomic E-state index is 13.7. The second-order valence-corrected chi connectivity index (χ2v) is 5.48. The molecule has 100 valence electrons. The molecular formula is C14H11BrClF2N. The van der Waals surface area contributed by atoms with Gasteiger partial charge in [0.15, 0.2) is 0 Å². The summed E-state index contributed by atoms with van der Waals surface area (Å²) in [6.45, 7) is 1.80. The Kier molecular flexibility index (Phi) is 4.42. The van der Waals surface area contributed by atoms with E-state index >= 15 is 0 Å². The van der Waals surface area contributed by atoms with E-state index in [-0.39, 0.29) is 16.9 Å². The van der Waals surface area contributed by atoms with Crippen LogP contribution in [0.3, 0.4) is 0 Å². The molecule has 0 saturated heterocycles. The molecule has 0 aliphatic rings. The molecule has 1 N–H and O–H groups in total. The molecule has 1 nitrogen and oxygen atoms in total. The summed E-state index contributed by atoms with van der Waals surface area (Å²) in [5.74, 6) is -0.814. The van der Waals surface area contributed by atoms with Crippen LogP contribution in [0.15, 0.2) is 40.9 Å². The van der Waals surface area contributed by atoms with Gasteiger partial charge in [0, 0.05) is 15.7 Å². The van der Waals surface area contributed by atoms with Gasteiger partial charge in [0.05, 0.1) is 11.1 Å². The lowest BCUT2D eigenvalue weighted by Gasteiger charge is -2.17. The van der Waals surface area contributed by atoms with Gasteiger partial charge in [-0.05, 0) is 43.3 Å². The highest BCUT2D eigenvalue weighted by Gasteiger charge is 2.12. The second kappa shape index (κ2) is 5.88. The first kappa shape index (κ1) is 14.3. The molecule has 0 aromatic heterocycles. The van der Waals surface area contributed by atoms with Crippen LogP contribution in [0.4, 0.5) is 14.5 Å². The van der Waals surface area contributed by atoms with Gasteiger partial charge in [-0.1, -0.05) is 27.5 Å². The molecule has 0 saturated carbocycles. The molecule has 0 fully saturated rings. The fourth-order valence-electron chi connectivity index (χ4n) is 1.76. The number of hydrogen-bond acceptors (Lipinski definition) is 1. The predicted octanol–water partition coefficient (Wildman–Crippen LogP) is 5.55. The molecule has 5 heteroatoms. The monoisotopic (exact) mass is 345 g/mol. The lowest BCUT2D eigenvalue weighted by Crippen LogP contribution is -2.08. The van der Waals surface area contributed by atoms with Crippen molar-refractivity contribution in [3.8, 4) is 0 Å². The molecule has 0 aliphatic heterocycles. The van der Waals surface area contributed by atoms with E-state index in [4.69, 9.17) is 11.6 Å². The van der Waals surface area contributed by atoms with Crippen molar-refractivity contribution in [3.05, 3.63) is 63.1 Å². The summed E-state index contributed by atoms with van der Waals surface area (Å²) in [7, 11) is 0. The topological polar surface area (TPSA) is 12.0 Å². The normalized spacial score (nSPS) is 12.3. The number of hydrogen-bond donors (Lipinski definition) is 1. The number of halogens is 4. The number of benzene rings is 2. The largest absolute Gasteiger partial charge is 0.378 e. The van der Waals surface area contributed by atoms with E-state index in [1.54, 1.807) is 25.1 Å². The van der Waals surface area contributed by atoms with Crippen molar-refractivity contribution >= 4 is 33.2 Å². The number of rotatable bonds is 3. The summed E-state index contributed by atoms with van der Waals surface area (Å²) in [5, 5.41) is 3.10. The van der Waals surface area contributed by atoms with Gasteiger partial charge in [-0.3, -0.25) is 0 Å². The Balaban J connectivity index is 2.22. The minimum atomic E-state index is -0.506. The SMILES string of the molecule is CC(Nc1ccc(Cl)c(F)c1)c1cc(Br)ccc1F. The first-order valence-electron chi connectivity index (χ1n) is 5.64. The Morgan fingerprint density at radius 1 is 1.11 bits per heavy atom. The summed E-state index contributed by atoms with van der Waals surface area (Å²) in [6, 6.07) is 8.82. The van der Waals surface area contributed by atoms with E-state index < -0.39 is 5.82 Å². The Bertz CT molecular complexity index is 604. The molecule has 2 aromatic carbocycles. The first-order valence-corrected chi connectivity index (χ1v) is 6.81. The summed E-state index contributed by atoms with van der Waals surface area (Å²) in [5.41, 5.74) is 1.05. The third-order valence-corrected chi connectivity index (χ3v) is 3.53. The van der Waals surface area contributed by atoms with Gasteiger partial charge in [-0.25, -0.2) is 8.78 Å². The zero-order valence-corrected chi connectivity index (χ0v) is 12.4. The number of anilines is 1. The van der Waals surface area contributed by atoms with Gasteiger partial charge >= 0.3 is 0 Å². The molecule has 1 unspecified atom stereocenters. The zero-order valence-electron chi connectivity index (χ0n) is 10.1. The lowest BCUT2D eigenvalue weighted by molar-refractivity contribution is 0.599. The van der Waals surface area contributed by atoms with Crippen LogP contribution in [0.25, 0.3) is 0 Å². The second-order valence-electron chi connectivity index (χ2n) is 4.16. The highest BCUT2D eigenvalue weighted by molar-refractivity contribution is 9.10. The fraction of sp³-hybridized carbons (Fsp3) is 0.143. The van der Waals surface area contributed by atoms with Crippen LogP contribution < -0.4 is 5.32 Å². The molecule has 19 heavy (non-hydrogen) atoms. The van der Waals surface area contributed by atoms with Gasteiger partial charge in [0.2, 0.25) is 0 Å². The van der Waals surface area contributed by atoms with Gasteiger partial charge in [0.1, 0.15) is 11.6 Å². The third-order valence-electron chi connectivity index (χ3n) is 2.73. The van der Waals surface area contributed by atoms with Crippen LogP contribution in [-0.4, -0.2) is 0 Å². The van der Waals surface area contributed by atoms with E-state index in [0.717, 1.165) is 4.47 Å². The molecule has 2 rings (SSSR count). The van der Waals surface area contributed by atoms with Crippen LogP contribution >= 0.6 is 27.5 Å². The van der Waals surface area contributed by atoms with Gasteiger partial charge in [-0.15, -0.1) is 0 Å². The Labute approximate surface area is 123 Å². The van der Waals surface area contributed by atoms with E-state index in [9.17, 15) is 8.78 Å². The van der Waals surface area contributed by atoms with E-state index in [0.29, 0.717) is 11.3 Å². The molecule has 0 aliphatic carbocycles. The highest BCUT2D eigenvalue weighted by atomic mass is 79.9. The van der Waals surface area contributed by atoms with Crippen molar-refractivity contribution < 1.29 is 8.78 Å². The minimum absolute atomic E-state index is 0.0619. The Morgan fingerprint density at radius 3 is 2.53 bits per heavy atom. The fourth-order valence-corrected chi connectivity index (χ4v) is 2.26.